The van der Waals surface area contributed by atoms with Gasteiger partial charge in [-0.05, 0) is 25.5 Å². The lowest BCUT2D eigenvalue weighted by Crippen LogP contribution is -2.41. The van der Waals surface area contributed by atoms with E-state index in [2.05, 4.69) is 5.32 Å². The average Bonchev–Trinajstić information content (AvgIpc) is 3.18. The van der Waals surface area contributed by atoms with E-state index in [1.807, 2.05) is 4.68 Å². The number of benzene rings is 1. The Balaban J connectivity index is 1.71. The van der Waals surface area contributed by atoms with Crippen molar-refractivity contribution in [3.05, 3.63) is 29.5 Å². The lowest BCUT2D eigenvalue weighted by Gasteiger charge is -2.27. The summed E-state index contributed by atoms with van der Waals surface area (Å²) in [6, 6.07) is 5.27. The fourth-order valence-corrected chi connectivity index (χ4v) is 6.49. The molecular formula is C21H26N4O5S. The van der Waals surface area contributed by atoms with Crippen LogP contribution in [0, 0.1) is 0 Å². The fourth-order valence-electron chi connectivity index (χ4n) is 4.73. The van der Waals surface area contributed by atoms with Gasteiger partial charge in [-0.15, -0.1) is 0 Å². The van der Waals surface area contributed by atoms with Crippen molar-refractivity contribution in [3.8, 4) is 17.0 Å². The molecule has 1 aromatic carbocycles. The highest BCUT2D eigenvalue weighted by Crippen LogP contribution is 2.45. The zero-order valence-electron chi connectivity index (χ0n) is 17.5. The summed E-state index contributed by atoms with van der Waals surface area (Å²) in [5.74, 6) is -0.177. The number of rotatable bonds is 3. The maximum Gasteiger partial charge on any atom is 0.274 e. The number of carbonyl (C=O) groups excluding carboxylic acids is 1. The summed E-state index contributed by atoms with van der Waals surface area (Å²) in [4.78, 5) is 15.3. The third-order valence-corrected chi connectivity index (χ3v) is 7.94. The molecule has 1 N–H and O–H groups in total. The van der Waals surface area contributed by atoms with Crippen molar-refractivity contribution < 1.29 is 22.7 Å². The van der Waals surface area contributed by atoms with E-state index in [9.17, 15) is 13.2 Å². The molecule has 31 heavy (non-hydrogen) atoms. The molecule has 5 rings (SSSR count). The average molecular weight is 447 g/mol. The summed E-state index contributed by atoms with van der Waals surface area (Å²) < 4.78 is 39.2. The first kappa shape index (κ1) is 20.5. The highest BCUT2D eigenvalue weighted by Gasteiger charge is 2.40. The monoisotopic (exact) mass is 446 g/mol. The van der Waals surface area contributed by atoms with Crippen LogP contribution in [-0.4, -0.2) is 75.5 Å². The molecule has 1 unspecified atom stereocenters. The molecule has 166 valence electrons. The molecule has 2 fully saturated rings. The standard InChI is InChI=1S/C21H26N4O5S/c1-29-17-6-2-5-15-19-16(13-31(27,28)20(15)17)18(21(26)24-8-10-30-11-9-24)23-25(19)14-4-3-7-22-12-14/h2,5-6,14,22H,3-4,7-13H2,1H3. The first-order valence-corrected chi connectivity index (χ1v) is 12.3. The summed E-state index contributed by atoms with van der Waals surface area (Å²) in [5.41, 5.74) is 2.00. The van der Waals surface area contributed by atoms with Crippen LogP contribution in [-0.2, 0) is 20.3 Å². The van der Waals surface area contributed by atoms with Crippen molar-refractivity contribution in [1.29, 1.82) is 0 Å². The molecule has 1 amide bonds. The van der Waals surface area contributed by atoms with E-state index in [4.69, 9.17) is 14.6 Å². The van der Waals surface area contributed by atoms with Gasteiger partial charge in [-0.2, -0.15) is 5.10 Å². The van der Waals surface area contributed by atoms with E-state index < -0.39 is 9.84 Å². The molecular weight excluding hydrogens is 420 g/mol. The molecule has 1 aromatic heterocycles. The molecule has 0 radical (unpaired) electrons. The molecule has 2 aromatic rings. The van der Waals surface area contributed by atoms with E-state index >= 15 is 0 Å². The van der Waals surface area contributed by atoms with Crippen LogP contribution in [0.25, 0.3) is 11.3 Å². The van der Waals surface area contributed by atoms with Crippen molar-refractivity contribution in [3.63, 3.8) is 0 Å². The number of nitrogens with zero attached hydrogens (tertiary/aromatic N) is 3. The predicted octanol–water partition coefficient (Wildman–Crippen LogP) is 1.24. The summed E-state index contributed by atoms with van der Waals surface area (Å²) >= 11 is 0. The van der Waals surface area contributed by atoms with E-state index in [0.717, 1.165) is 25.9 Å². The molecule has 0 aliphatic carbocycles. The maximum atomic E-state index is 13.4. The van der Waals surface area contributed by atoms with Gasteiger partial charge in [0, 0.05) is 30.8 Å². The molecule has 10 heteroatoms. The van der Waals surface area contributed by atoms with Gasteiger partial charge in [0.15, 0.2) is 15.5 Å². The van der Waals surface area contributed by atoms with Crippen LogP contribution in [0.3, 0.4) is 0 Å². The second-order valence-electron chi connectivity index (χ2n) is 8.12. The number of nitrogens with one attached hydrogen (secondary N) is 1. The third-order valence-electron chi connectivity index (χ3n) is 6.23. The van der Waals surface area contributed by atoms with Gasteiger partial charge in [-0.25, -0.2) is 8.42 Å². The van der Waals surface area contributed by atoms with Gasteiger partial charge in [-0.1, -0.05) is 12.1 Å². The number of ether oxygens (including phenoxy) is 2. The lowest BCUT2D eigenvalue weighted by atomic mass is 10.0. The minimum Gasteiger partial charge on any atom is -0.495 e. The first-order valence-electron chi connectivity index (χ1n) is 10.6. The van der Waals surface area contributed by atoms with Gasteiger partial charge in [0.05, 0.1) is 37.8 Å². The Labute approximate surface area is 181 Å². The Kier molecular flexibility index (Phi) is 5.23. The molecule has 0 saturated carbocycles. The number of hydrogen-bond acceptors (Lipinski definition) is 7. The van der Waals surface area contributed by atoms with Crippen molar-refractivity contribution in [1.82, 2.24) is 20.0 Å². The van der Waals surface area contributed by atoms with Gasteiger partial charge in [-0.3, -0.25) is 9.48 Å². The SMILES string of the molecule is COc1cccc2c1S(=O)(=O)Cc1c(C(=O)N3CCOCC3)nn(C3CCCNC3)c1-2. The zero-order valence-corrected chi connectivity index (χ0v) is 18.3. The quantitative estimate of drug-likeness (QED) is 0.757. The number of methoxy groups -OCH3 is 1. The van der Waals surface area contributed by atoms with Gasteiger partial charge in [0.2, 0.25) is 0 Å². The molecule has 3 aliphatic rings. The number of aromatic nitrogens is 2. The number of morpholine rings is 1. The second-order valence-corrected chi connectivity index (χ2v) is 10.0. The molecule has 0 bridgehead atoms. The minimum atomic E-state index is -3.69. The normalized spacial score (nSPS) is 22.5. The topological polar surface area (TPSA) is 103 Å². The van der Waals surface area contributed by atoms with Crippen LogP contribution in [0.5, 0.6) is 5.75 Å². The van der Waals surface area contributed by atoms with Crippen LogP contribution in [0.15, 0.2) is 23.1 Å². The number of amides is 1. The number of piperidine rings is 1. The zero-order chi connectivity index (χ0) is 21.6. The Bertz CT molecular complexity index is 1120. The van der Waals surface area contributed by atoms with Gasteiger partial charge in [0.25, 0.3) is 5.91 Å². The van der Waals surface area contributed by atoms with E-state index in [1.54, 1.807) is 23.1 Å². The van der Waals surface area contributed by atoms with Crippen LogP contribution >= 0.6 is 0 Å². The fraction of sp³-hybridized carbons (Fsp3) is 0.524. The molecule has 4 heterocycles. The smallest absolute Gasteiger partial charge is 0.274 e. The number of hydrogen-bond donors (Lipinski definition) is 1. The molecule has 1 atom stereocenters. The largest absolute Gasteiger partial charge is 0.495 e. The number of carbonyl (C=O) groups is 1. The van der Waals surface area contributed by atoms with Crippen molar-refractivity contribution in [2.24, 2.45) is 0 Å². The molecule has 3 aliphatic heterocycles. The van der Waals surface area contributed by atoms with Crippen molar-refractivity contribution >= 4 is 15.7 Å². The Morgan fingerprint density at radius 1 is 1.29 bits per heavy atom. The second kappa shape index (κ2) is 7.92. The summed E-state index contributed by atoms with van der Waals surface area (Å²) in [6.07, 6.45) is 1.91. The Morgan fingerprint density at radius 2 is 2.10 bits per heavy atom. The third kappa shape index (κ3) is 3.42. The van der Waals surface area contributed by atoms with E-state index in [0.29, 0.717) is 48.9 Å². The Hall–Kier alpha value is -2.43. The van der Waals surface area contributed by atoms with Crippen LogP contribution in [0.4, 0.5) is 0 Å². The minimum absolute atomic E-state index is 0.0496. The van der Waals surface area contributed by atoms with Crippen LogP contribution in [0.1, 0.15) is 34.9 Å². The summed E-state index contributed by atoms with van der Waals surface area (Å²) in [6.45, 7) is 3.56. The van der Waals surface area contributed by atoms with Crippen molar-refractivity contribution in [2.75, 3.05) is 46.5 Å². The van der Waals surface area contributed by atoms with Gasteiger partial charge < -0.3 is 19.7 Å². The van der Waals surface area contributed by atoms with Gasteiger partial charge in [0.1, 0.15) is 10.6 Å². The van der Waals surface area contributed by atoms with Crippen LogP contribution in [0.2, 0.25) is 0 Å². The van der Waals surface area contributed by atoms with Crippen molar-refractivity contribution in [2.45, 2.75) is 29.5 Å². The van der Waals surface area contributed by atoms with E-state index in [1.165, 1.54) is 7.11 Å². The Morgan fingerprint density at radius 3 is 2.81 bits per heavy atom. The maximum absolute atomic E-state index is 13.4. The van der Waals surface area contributed by atoms with Crippen LogP contribution < -0.4 is 10.1 Å². The highest BCUT2D eigenvalue weighted by atomic mass is 32.2. The molecule has 0 spiro atoms. The number of fused-ring (bicyclic) bond motifs is 3. The molecule has 2 saturated heterocycles. The van der Waals surface area contributed by atoms with E-state index in [-0.39, 0.29) is 28.3 Å². The summed E-state index contributed by atoms with van der Waals surface area (Å²) in [7, 11) is -2.22. The van der Waals surface area contributed by atoms with Gasteiger partial charge >= 0.3 is 0 Å². The number of sulfone groups is 1. The predicted molar refractivity (Wildman–Crippen MR) is 113 cm³/mol. The summed E-state index contributed by atoms with van der Waals surface area (Å²) in [5, 5.41) is 8.14. The lowest BCUT2D eigenvalue weighted by molar-refractivity contribution is 0.0297. The highest BCUT2D eigenvalue weighted by molar-refractivity contribution is 7.91. The molecule has 9 nitrogen and oxygen atoms in total. The first-order chi connectivity index (χ1) is 15.0.